The lowest BCUT2D eigenvalue weighted by atomic mass is 10.2. The number of imide groups is 1. The Kier molecular flexibility index (Phi) is 3.79. The van der Waals surface area contributed by atoms with Crippen LogP contribution in [-0.2, 0) is 16.0 Å². The number of likely N-dealkylation sites (N-methyl/N-ethyl adjacent to an activating group) is 1. The highest BCUT2D eigenvalue weighted by atomic mass is 16.2. The van der Waals surface area contributed by atoms with Crippen LogP contribution in [-0.4, -0.2) is 64.5 Å². The topological polar surface area (TPSA) is 98.4 Å². The maximum absolute atomic E-state index is 11.9. The van der Waals surface area contributed by atoms with Gasteiger partial charge in [-0.25, -0.2) is 4.79 Å². The number of aromatic amines is 1. The third-order valence-corrected chi connectivity index (χ3v) is 2.95. The van der Waals surface area contributed by atoms with E-state index in [1.165, 1.54) is 4.90 Å². The highest BCUT2D eigenvalue weighted by Gasteiger charge is 2.30. The van der Waals surface area contributed by atoms with Crippen molar-refractivity contribution in [3.63, 3.8) is 0 Å². The summed E-state index contributed by atoms with van der Waals surface area (Å²) >= 11 is 0. The van der Waals surface area contributed by atoms with Crippen LogP contribution >= 0.6 is 0 Å². The first-order valence-corrected chi connectivity index (χ1v) is 5.87. The number of nitrogens with one attached hydrogen (secondary N) is 2. The van der Waals surface area contributed by atoms with E-state index in [0.29, 0.717) is 13.0 Å². The third kappa shape index (κ3) is 3.09. The second-order valence-electron chi connectivity index (χ2n) is 4.31. The van der Waals surface area contributed by atoms with Gasteiger partial charge < -0.3 is 10.2 Å². The van der Waals surface area contributed by atoms with E-state index in [1.807, 2.05) is 0 Å². The molecule has 2 rings (SSSR count). The molecule has 1 fully saturated rings. The van der Waals surface area contributed by atoms with Crippen LogP contribution in [0, 0.1) is 0 Å². The molecule has 2 heterocycles. The molecule has 1 saturated heterocycles. The largest absolute Gasteiger partial charge is 0.344 e. The zero-order chi connectivity index (χ0) is 13.8. The van der Waals surface area contributed by atoms with Crippen molar-refractivity contribution in [2.24, 2.45) is 0 Å². The highest BCUT2D eigenvalue weighted by molar-refractivity contribution is 6.04. The predicted octanol–water partition coefficient (Wildman–Crippen LogP) is -1.04. The smallest absolute Gasteiger partial charge is 0.325 e. The fraction of sp³-hybridized carbons (Fsp3) is 0.455. The van der Waals surface area contributed by atoms with Crippen LogP contribution in [0.3, 0.4) is 0 Å². The summed E-state index contributed by atoms with van der Waals surface area (Å²) in [5, 5.41) is 8.88. The van der Waals surface area contributed by atoms with E-state index in [1.54, 1.807) is 19.4 Å². The molecule has 0 radical (unpaired) electrons. The molecule has 2 N–H and O–H groups in total. The van der Waals surface area contributed by atoms with Gasteiger partial charge in [-0.2, -0.15) is 5.10 Å². The zero-order valence-corrected chi connectivity index (χ0v) is 10.5. The molecule has 0 bridgehead atoms. The Morgan fingerprint density at radius 1 is 1.53 bits per heavy atom. The Morgan fingerprint density at radius 2 is 2.32 bits per heavy atom. The molecule has 1 aromatic heterocycles. The van der Waals surface area contributed by atoms with Gasteiger partial charge in [-0.05, 0) is 12.0 Å². The van der Waals surface area contributed by atoms with Gasteiger partial charge in [0.05, 0.1) is 12.7 Å². The SMILES string of the molecule is CN(CCc1cn[nH]c1)C(=O)CN1C(=O)CNC1=O. The summed E-state index contributed by atoms with van der Waals surface area (Å²) in [6.07, 6.45) is 4.12. The second kappa shape index (κ2) is 5.51. The van der Waals surface area contributed by atoms with Crippen LogP contribution in [0.5, 0.6) is 0 Å². The third-order valence-electron chi connectivity index (χ3n) is 2.95. The van der Waals surface area contributed by atoms with Gasteiger partial charge in [0.25, 0.3) is 5.91 Å². The lowest BCUT2D eigenvalue weighted by Gasteiger charge is -2.19. The van der Waals surface area contributed by atoms with Crippen molar-refractivity contribution in [3.8, 4) is 0 Å². The summed E-state index contributed by atoms with van der Waals surface area (Å²) in [6.45, 7) is 0.249. The summed E-state index contributed by atoms with van der Waals surface area (Å²) in [4.78, 5) is 36.9. The first-order chi connectivity index (χ1) is 9.08. The van der Waals surface area contributed by atoms with E-state index < -0.39 is 6.03 Å². The minimum atomic E-state index is -0.512. The first kappa shape index (κ1) is 13.1. The van der Waals surface area contributed by atoms with Gasteiger partial charge in [0, 0.05) is 19.8 Å². The Morgan fingerprint density at radius 3 is 2.89 bits per heavy atom. The predicted molar refractivity (Wildman–Crippen MR) is 65.0 cm³/mol. The van der Waals surface area contributed by atoms with Crippen LogP contribution in [0.15, 0.2) is 12.4 Å². The quantitative estimate of drug-likeness (QED) is 0.664. The number of carbonyl (C=O) groups excluding carboxylic acids is 3. The van der Waals surface area contributed by atoms with Crippen LogP contribution < -0.4 is 5.32 Å². The molecule has 1 aliphatic heterocycles. The minimum Gasteiger partial charge on any atom is -0.344 e. The molecule has 102 valence electrons. The molecule has 0 atom stereocenters. The van der Waals surface area contributed by atoms with E-state index in [4.69, 9.17) is 0 Å². The number of carbonyl (C=O) groups is 3. The number of urea groups is 1. The van der Waals surface area contributed by atoms with Crippen molar-refractivity contribution >= 4 is 17.8 Å². The molecule has 0 aromatic carbocycles. The molecule has 19 heavy (non-hydrogen) atoms. The van der Waals surface area contributed by atoms with Crippen molar-refractivity contribution in [1.29, 1.82) is 0 Å². The number of amides is 4. The van der Waals surface area contributed by atoms with Gasteiger partial charge in [-0.15, -0.1) is 0 Å². The van der Waals surface area contributed by atoms with Crippen molar-refractivity contribution in [3.05, 3.63) is 18.0 Å². The van der Waals surface area contributed by atoms with Gasteiger partial charge in [-0.1, -0.05) is 0 Å². The zero-order valence-electron chi connectivity index (χ0n) is 10.5. The summed E-state index contributed by atoms with van der Waals surface area (Å²) < 4.78 is 0. The van der Waals surface area contributed by atoms with Crippen molar-refractivity contribution < 1.29 is 14.4 Å². The molecule has 4 amide bonds. The molecule has 0 saturated carbocycles. The number of rotatable bonds is 5. The first-order valence-electron chi connectivity index (χ1n) is 5.87. The van der Waals surface area contributed by atoms with Crippen LogP contribution in [0.1, 0.15) is 5.56 Å². The lowest BCUT2D eigenvalue weighted by Crippen LogP contribution is -2.42. The van der Waals surface area contributed by atoms with E-state index in [-0.39, 0.29) is 24.9 Å². The Labute approximate surface area is 109 Å². The van der Waals surface area contributed by atoms with Gasteiger partial charge >= 0.3 is 6.03 Å². The molecule has 0 spiro atoms. The number of nitrogens with zero attached hydrogens (tertiary/aromatic N) is 3. The fourth-order valence-electron chi connectivity index (χ4n) is 1.71. The number of hydrogen-bond donors (Lipinski definition) is 2. The van der Waals surface area contributed by atoms with Crippen molar-refractivity contribution in [2.45, 2.75) is 6.42 Å². The average molecular weight is 265 g/mol. The van der Waals surface area contributed by atoms with E-state index in [0.717, 1.165) is 10.5 Å². The van der Waals surface area contributed by atoms with Gasteiger partial charge in [0.2, 0.25) is 5.91 Å². The second-order valence-corrected chi connectivity index (χ2v) is 4.31. The standard InChI is InChI=1S/C11H15N5O3/c1-15(3-2-8-4-13-14-5-8)10(18)7-16-9(17)6-12-11(16)19/h4-5H,2-3,6-7H2,1H3,(H,12,19)(H,13,14). The van der Waals surface area contributed by atoms with Crippen LogP contribution in [0.4, 0.5) is 4.79 Å². The molecule has 1 aliphatic rings. The number of aromatic nitrogens is 2. The molecular formula is C11H15N5O3. The summed E-state index contributed by atoms with van der Waals surface area (Å²) in [5.74, 6) is -0.643. The summed E-state index contributed by atoms with van der Waals surface area (Å²) in [7, 11) is 1.64. The maximum atomic E-state index is 11.9. The van der Waals surface area contributed by atoms with Crippen molar-refractivity contribution in [2.75, 3.05) is 26.7 Å². The summed E-state index contributed by atoms with van der Waals surface area (Å²) in [5.41, 5.74) is 0.995. The maximum Gasteiger partial charge on any atom is 0.325 e. The average Bonchev–Trinajstić information content (AvgIpc) is 3.00. The summed E-state index contributed by atoms with van der Waals surface area (Å²) in [6, 6.07) is -0.512. The van der Waals surface area contributed by atoms with Crippen LogP contribution in [0.25, 0.3) is 0 Å². The van der Waals surface area contributed by atoms with E-state index >= 15 is 0 Å². The van der Waals surface area contributed by atoms with Crippen molar-refractivity contribution in [1.82, 2.24) is 25.3 Å². The van der Waals surface area contributed by atoms with Crippen LogP contribution in [0.2, 0.25) is 0 Å². The normalized spacial score (nSPS) is 14.7. The number of H-pyrrole nitrogens is 1. The monoisotopic (exact) mass is 265 g/mol. The molecule has 0 aliphatic carbocycles. The molecule has 8 nitrogen and oxygen atoms in total. The lowest BCUT2D eigenvalue weighted by molar-refractivity contribution is -0.135. The molecule has 0 unspecified atom stereocenters. The Balaban J connectivity index is 1.82. The van der Waals surface area contributed by atoms with E-state index in [2.05, 4.69) is 15.5 Å². The minimum absolute atomic E-state index is 0.0369. The van der Waals surface area contributed by atoms with Gasteiger partial charge in [-0.3, -0.25) is 19.6 Å². The fourth-order valence-corrected chi connectivity index (χ4v) is 1.71. The van der Waals surface area contributed by atoms with E-state index in [9.17, 15) is 14.4 Å². The molecule has 8 heteroatoms. The van der Waals surface area contributed by atoms with Gasteiger partial charge in [0.1, 0.15) is 6.54 Å². The molecular weight excluding hydrogens is 250 g/mol. The number of hydrogen-bond acceptors (Lipinski definition) is 4. The highest BCUT2D eigenvalue weighted by Crippen LogP contribution is 2.02. The molecule has 1 aromatic rings. The Bertz CT molecular complexity index is 469. The Hall–Kier alpha value is -2.38. The van der Waals surface area contributed by atoms with Gasteiger partial charge in [0.15, 0.2) is 0 Å².